The van der Waals surface area contributed by atoms with Crippen LogP contribution >= 0.6 is 0 Å². The summed E-state index contributed by atoms with van der Waals surface area (Å²) in [5.74, 6) is 1.04. The molecule has 0 aromatic carbocycles. The third-order valence-corrected chi connectivity index (χ3v) is 2.04. The Morgan fingerprint density at radius 3 is 2.30 bits per heavy atom. The van der Waals surface area contributed by atoms with E-state index in [0.29, 0.717) is 0 Å². The van der Waals surface area contributed by atoms with E-state index in [1.165, 1.54) is 12.8 Å². The quantitative estimate of drug-likeness (QED) is 0.539. The molecule has 2 unspecified atom stereocenters. The van der Waals surface area contributed by atoms with Gasteiger partial charge in [0.25, 0.3) is 0 Å². The van der Waals surface area contributed by atoms with Crippen molar-refractivity contribution in [1.82, 2.24) is 0 Å². The average Bonchev–Trinajstić information content (AvgIpc) is 1.99. The van der Waals surface area contributed by atoms with Crippen molar-refractivity contribution in [3.63, 3.8) is 0 Å². The number of hydrogen-bond donors (Lipinski definition) is 0. The van der Waals surface area contributed by atoms with Crippen LogP contribution in [-0.4, -0.2) is 6.29 Å². The highest BCUT2D eigenvalue weighted by molar-refractivity contribution is 5.52. The van der Waals surface area contributed by atoms with Crippen LogP contribution in [0.4, 0.5) is 0 Å². The van der Waals surface area contributed by atoms with Crippen LogP contribution in [0.15, 0.2) is 0 Å². The molecule has 0 radical (unpaired) electrons. The number of aldehydes is 1. The van der Waals surface area contributed by atoms with Gasteiger partial charge in [0.15, 0.2) is 0 Å². The monoisotopic (exact) mass is 142 g/mol. The summed E-state index contributed by atoms with van der Waals surface area (Å²) in [4.78, 5) is 10.2. The summed E-state index contributed by atoms with van der Waals surface area (Å²) in [5.41, 5.74) is 0. The lowest BCUT2D eigenvalue weighted by atomic mass is 9.97. The van der Waals surface area contributed by atoms with Gasteiger partial charge in [-0.15, -0.1) is 0 Å². The van der Waals surface area contributed by atoms with Crippen LogP contribution in [0.2, 0.25) is 0 Å². The van der Waals surface area contributed by atoms with E-state index in [4.69, 9.17) is 0 Å². The van der Waals surface area contributed by atoms with E-state index >= 15 is 0 Å². The van der Waals surface area contributed by atoms with Crippen molar-refractivity contribution < 1.29 is 4.79 Å². The second kappa shape index (κ2) is 5.45. The zero-order valence-corrected chi connectivity index (χ0v) is 7.26. The van der Waals surface area contributed by atoms with Crippen molar-refractivity contribution >= 4 is 6.29 Å². The molecule has 0 spiro atoms. The first-order valence-electron chi connectivity index (χ1n) is 4.16. The molecule has 0 N–H and O–H groups in total. The zero-order valence-electron chi connectivity index (χ0n) is 7.26. The van der Waals surface area contributed by atoms with Gasteiger partial charge in [-0.3, -0.25) is 0 Å². The molecule has 1 heteroatoms. The Morgan fingerprint density at radius 1 is 1.30 bits per heavy atom. The highest BCUT2D eigenvalue weighted by Crippen LogP contribution is 2.12. The lowest BCUT2D eigenvalue weighted by Gasteiger charge is -2.08. The van der Waals surface area contributed by atoms with Crippen molar-refractivity contribution in [1.29, 1.82) is 0 Å². The van der Waals surface area contributed by atoms with Gasteiger partial charge in [-0.1, -0.05) is 33.6 Å². The Labute approximate surface area is 63.8 Å². The largest absolute Gasteiger partial charge is 0.303 e. The molecule has 0 aliphatic rings. The fourth-order valence-corrected chi connectivity index (χ4v) is 0.820. The molecular weight excluding hydrogens is 124 g/mol. The highest BCUT2D eigenvalue weighted by Gasteiger charge is 2.02. The first-order valence-corrected chi connectivity index (χ1v) is 4.16. The summed E-state index contributed by atoms with van der Waals surface area (Å²) in [5, 5.41) is 0. The van der Waals surface area contributed by atoms with Crippen LogP contribution in [0.1, 0.15) is 40.0 Å². The first kappa shape index (κ1) is 9.67. The number of hydrogen-bond acceptors (Lipinski definition) is 1. The second-order valence-corrected chi connectivity index (χ2v) is 3.20. The summed E-state index contributed by atoms with van der Waals surface area (Å²) in [6.45, 7) is 6.41. The van der Waals surface area contributed by atoms with Crippen LogP contribution in [0.3, 0.4) is 0 Å². The number of carbonyl (C=O) groups is 1. The molecule has 0 heterocycles. The molecule has 0 aromatic rings. The van der Waals surface area contributed by atoms with Crippen molar-refractivity contribution in [3.8, 4) is 0 Å². The van der Waals surface area contributed by atoms with E-state index in [1.807, 2.05) is 6.92 Å². The minimum Gasteiger partial charge on any atom is -0.303 e. The molecule has 0 fully saturated rings. The molecule has 0 bridgehead atoms. The summed E-state index contributed by atoms with van der Waals surface area (Å²) in [6.07, 6.45) is 4.52. The van der Waals surface area contributed by atoms with Gasteiger partial charge in [0.2, 0.25) is 0 Å². The lowest BCUT2D eigenvalue weighted by molar-refractivity contribution is -0.110. The van der Waals surface area contributed by atoms with E-state index in [1.54, 1.807) is 0 Å². The van der Waals surface area contributed by atoms with Gasteiger partial charge in [0.05, 0.1) is 0 Å². The summed E-state index contributed by atoms with van der Waals surface area (Å²) in [6, 6.07) is 0. The van der Waals surface area contributed by atoms with Crippen LogP contribution in [0, 0.1) is 11.8 Å². The smallest absolute Gasteiger partial charge is 0.122 e. The van der Waals surface area contributed by atoms with E-state index < -0.39 is 0 Å². The predicted molar refractivity (Wildman–Crippen MR) is 43.9 cm³/mol. The van der Waals surface area contributed by atoms with Crippen molar-refractivity contribution in [2.75, 3.05) is 0 Å². The van der Waals surface area contributed by atoms with Gasteiger partial charge >= 0.3 is 0 Å². The maximum Gasteiger partial charge on any atom is 0.122 e. The summed E-state index contributed by atoms with van der Waals surface area (Å²) < 4.78 is 0. The molecule has 0 rings (SSSR count). The normalized spacial score (nSPS) is 16.3. The van der Waals surface area contributed by atoms with Crippen molar-refractivity contribution in [2.24, 2.45) is 11.8 Å². The molecule has 0 saturated heterocycles. The van der Waals surface area contributed by atoms with Crippen molar-refractivity contribution in [2.45, 2.75) is 40.0 Å². The van der Waals surface area contributed by atoms with E-state index in [-0.39, 0.29) is 5.92 Å². The molecule has 0 amide bonds. The minimum atomic E-state index is 0.258. The maximum atomic E-state index is 10.2. The number of carbonyl (C=O) groups excluding carboxylic acids is 1. The lowest BCUT2D eigenvalue weighted by Crippen LogP contribution is -1.99. The van der Waals surface area contributed by atoms with Crippen LogP contribution in [-0.2, 0) is 4.79 Å². The Bertz CT molecular complexity index is 88.7. The summed E-state index contributed by atoms with van der Waals surface area (Å²) in [7, 11) is 0. The highest BCUT2D eigenvalue weighted by atomic mass is 16.1. The van der Waals surface area contributed by atoms with Crippen molar-refractivity contribution in [3.05, 3.63) is 0 Å². The molecule has 0 aliphatic heterocycles. The average molecular weight is 142 g/mol. The molecule has 0 aromatic heterocycles. The summed E-state index contributed by atoms with van der Waals surface area (Å²) >= 11 is 0. The molecule has 2 atom stereocenters. The fraction of sp³-hybridized carbons (Fsp3) is 0.889. The van der Waals surface area contributed by atoms with Gasteiger partial charge in [0, 0.05) is 5.92 Å². The van der Waals surface area contributed by atoms with E-state index in [0.717, 1.165) is 18.6 Å². The Hall–Kier alpha value is -0.330. The standard InChI is InChI=1S/C9H18O/c1-4-8(2)5-6-9(3)7-10/h7-9H,4-6H2,1-3H3. The molecule has 0 saturated carbocycles. The third kappa shape index (κ3) is 4.54. The Kier molecular flexibility index (Phi) is 5.27. The van der Waals surface area contributed by atoms with E-state index in [2.05, 4.69) is 13.8 Å². The predicted octanol–water partition coefficient (Wildman–Crippen LogP) is 2.65. The van der Waals surface area contributed by atoms with Crippen LogP contribution in [0.25, 0.3) is 0 Å². The Balaban J connectivity index is 3.25. The van der Waals surface area contributed by atoms with Crippen LogP contribution in [0.5, 0.6) is 0 Å². The molecular formula is C9H18O. The second-order valence-electron chi connectivity index (χ2n) is 3.20. The SMILES string of the molecule is CCC(C)CCC(C)C=O. The number of rotatable bonds is 5. The maximum absolute atomic E-state index is 10.2. The van der Waals surface area contributed by atoms with Gasteiger partial charge in [-0.2, -0.15) is 0 Å². The molecule has 0 aliphatic carbocycles. The van der Waals surface area contributed by atoms with Gasteiger partial charge in [0.1, 0.15) is 6.29 Å². The van der Waals surface area contributed by atoms with Crippen LogP contribution < -0.4 is 0 Å². The minimum absolute atomic E-state index is 0.258. The molecule has 60 valence electrons. The molecule has 10 heavy (non-hydrogen) atoms. The fourth-order valence-electron chi connectivity index (χ4n) is 0.820. The van der Waals surface area contributed by atoms with Gasteiger partial charge in [-0.25, -0.2) is 0 Å². The first-order chi connectivity index (χ1) is 4.70. The topological polar surface area (TPSA) is 17.1 Å². The van der Waals surface area contributed by atoms with Gasteiger partial charge in [-0.05, 0) is 12.3 Å². The molecule has 1 nitrogen and oxygen atoms in total. The third-order valence-electron chi connectivity index (χ3n) is 2.04. The van der Waals surface area contributed by atoms with E-state index in [9.17, 15) is 4.79 Å². The zero-order chi connectivity index (χ0) is 7.98. The Morgan fingerprint density at radius 2 is 1.90 bits per heavy atom. The van der Waals surface area contributed by atoms with Gasteiger partial charge < -0.3 is 4.79 Å².